The van der Waals surface area contributed by atoms with Crippen LogP contribution >= 0.6 is 22.7 Å². The Hall–Kier alpha value is -6.14. The number of para-hydroxylation sites is 1. The van der Waals surface area contributed by atoms with Crippen molar-refractivity contribution in [3.63, 3.8) is 0 Å². The Kier molecular flexibility index (Phi) is 6.29. The van der Waals surface area contributed by atoms with Gasteiger partial charge in [0, 0.05) is 64.1 Å². The highest BCUT2D eigenvalue weighted by atomic mass is 32.1. The zero-order valence-electron chi connectivity index (χ0n) is 27.2. The molecule has 0 atom stereocenters. The van der Waals surface area contributed by atoms with Gasteiger partial charge in [-0.1, -0.05) is 127 Å². The van der Waals surface area contributed by atoms with Crippen LogP contribution in [0, 0.1) is 0 Å². The van der Waals surface area contributed by atoms with Gasteiger partial charge in [-0.3, -0.25) is 0 Å². The van der Waals surface area contributed by atoms with Crippen molar-refractivity contribution in [1.82, 2.24) is 14.5 Å². The minimum atomic E-state index is 0.715. The summed E-state index contributed by atoms with van der Waals surface area (Å²) in [6, 6.07) is 58.3. The number of benzene rings is 7. The van der Waals surface area contributed by atoms with Crippen molar-refractivity contribution < 1.29 is 0 Å². The molecule has 0 radical (unpaired) electrons. The van der Waals surface area contributed by atoms with Crippen LogP contribution in [0.1, 0.15) is 0 Å². The van der Waals surface area contributed by atoms with Crippen LogP contribution in [0.5, 0.6) is 0 Å². The third-order valence-electron chi connectivity index (χ3n) is 9.99. The van der Waals surface area contributed by atoms with Crippen molar-refractivity contribution in [2.45, 2.75) is 0 Å². The van der Waals surface area contributed by atoms with Gasteiger partial charge in [0.2, 0.25) is 0 Å². The first kappa shape index (κ1) is 28.7. The number of rotatable bonds is 4. The first-order chi connectivity index (χ1) is 25.3. The molecule has 0 aliphatic heterocycles. The Morgan fingerprint density at radius 3 is 1.69 bits per heavy atom. The van der Waals surface area contributed by atoms with E-state index in [2.05, 4.69) is 144 Å². The molecule has 0 unspecified atom stereocenters. The van der Waals surface area contributed by atoms with Crippen LogP contribution in [0.3, 0.4) is 0 Å². The van der Waals surface area contributed by atoms with E-state index in [4.69, 9.17) is 9.97 Å². The summed E-state index contributed by atoms with van der Waals surface area (Å²) in [5, 5.41) is 7.89. The third-order valence-corrected chi connectivity index (χ3v) is 12.5. The van der Waals surface area contributed by atoms with Crippen molar-refractivity contribution in [3.8, 4) is 39.6 Å². The molecule has 0 aliphatic rings. The quantitative estimate of drug-likeness (QED) is 0.185. The van der Waals surface area contributed by atoms with E-state index in [9.17, 15) is 0 Å². The lowest BCUT2D eigenvalue weighted by Crippen LogP contribution is -1.98. The number of hydrogen-bond acceptors (Lipinski definition) is 4. The molecular formula is C46H27N3S2. The van der Waals surface area contributed by atoms with E-state index in [0.29, 0.717) is 5.82 Å². The molecule has 0 bridgehead atoms. The maximum Gasteiger partial charge on any atom is 0.160 e. The predicted octanol–water partition coefficient (Wildman–Crippen LogP) is 13.3. The topological polar surface area (TPSA) is 30.7 Å². The zero-order chi connectivity index (χ0) is 33.5. The highest BCUT2D eigenvalue weighted by Gasteiger charge is 2.24. The second-order valence-electron chi connectivity index (χ2n) is 12.9. The third kappa shape index (κ3) is 4.35. The Labute approximate surface area is 301 Å². The summed E-state index contributed by atoms with van der Waals surface area (Å²) in [6.07, 6.45) is 0. The number of nitrogens with zero attached hydrogens (tertiary/aromatic N) is 3. The Morgan fingerprint density at radius 1 is 0.412 bits per heavy atom. The maximum atomic E-state index is 5.18. The summed E-state index contributed by atoms with van der Waals surface area (Å²) >= 11 is 3.83. The van der Waals surface area contributed by atoms with Crippen LogP contribution in [-0.2, 0) is 0 Å². The monoisotopic (exact) mass is 685 g/mol. The standard InChI is InChI=1S/C46H27N3S2/c1-3-14-28(15-4-1)35-27-36(48-46(47-35)29-16-5-2-6-17-29)30-18-13-19-31(26-30)49-37-23-10-7-20-32(37)40-41-33-21-8-11-24-38(33)50-44(41)45-42(43(40)49)34-22-9-12-25-39(34)51-45/h1-27H. The molecule has 4 aromatic heterocycles. The number of aromatic nitrogens is 3. The molecule has 7 aromatic carbocycles. The average molecular weight is 686 g/mol. The van der Waals surface area contributed by atoms with Gasteiger partial charge in [-0.25, -0.2) is 9.97 Å². The van der Waals surface area contributed by atoms with E-state index < -0.39 is 0 Å². The normalized spacial score (nSPS) is 11.9. The van der Waals surface area contributed by atoms with Gasteiger partial charge in [-0.05, 0) is 36.4 Å². The van der Waals surface area contributed by atoms with E-state index in [1.807, 2.05) is 46.9 Å². The molecule has 5 heteroatoms. The molecule has 0 saturated carbocycles. The Balaban J connectivity index is 1.24. The minimum absolute atomic E-state index is 0.715. The van der Waals surface area contributed by atoms with E-state index in [1.165, 1.54) is 62.2 Å². The van der Waals surface area contributed by atoms with Gasteiger partial charge in [-0.15, -0.1) is 22.7 Å². The van der Waals surface area contributed by atoms with Crippen molar-refractivity contribution in [1.29, 1.82) is 0 Å². The molecule has 0 spiro atoms. The second kappa shape index (κ2) is 11.2. The van der Waals surface area contributed by atoms with Crippen molar-refractivity contribution in [2.75, 3.05) is 0 Å². The van der Waals surface area contributed by atoms with E-state index in [0.717, 1.165) is 33.8 Å². The van der Waals surface area contributed by atoms with Crippen molar-refractivity contribution >= 4 is 84.8 Å². The van der Waals surface area contributed by atoms with Gasteiger partial charge in [0.05, 0.1) is 31.8 Å². The van der Waals surface area contributed by atoms with Gasteiger partial charge >= 0.3 is 0 Å². The molecule has 0 N–H and O–H groups in total. The van der Waals surface area contributed by atoms with Crippen LogP contribution in [-0.4, -0.2) is 14.5 Å². The lowest BCUT2D eigenvalue weighted by molar-refractivity contribution is 1.17. The van der Waals surface area contributed by atoms with Gasteiger partial charge in [0.1, 0.15) is 0 Å². The summed E-state index contributed by atoms with van der Waals surface area (Å²) in [7, 11) is 0. The van der Waals surface area contributed by atoms with E-state index in [-0.39, 0.29) is 0 Å². The van der Waals surface area contributed by atoms with Gasteiger partial charge < -0.3 is 4.57 Å². The highest BCUT2D eigenvalue weighted by Crippen LogP contribution is 2.52. The maximum absolute atomic E-state index is 5.18. The molecule has 51 heavy (non-hydrogen) atoms. The highest BCUT2D eigenvalue weighted by molar-refractivity contribution is 7.33. The summed E-state index contributed by atoms with van der Waals surface area (Å²) in [5.41, 5.74) is 8.46. The summed E-state index contributed by atoms with van der Waals surface area (Å²) in [5.74, 6) is 0.715. The molecule has 11 aromatic rings. The second-order valence-corrected chi connectivity index (χ2v) is 15.0. The summed E-state index contributed by atoms with van der Waals surface area (Å²) in [4.78, 5) is 10.2. The van der Waals surface area contributed by atoms with Crippen LogP contribution in [0.15, 0.2) is 164 Å². The lowest BCUT2D eigenvalue weighted by atomic mass is 10.0. The lowest BCUT2D eigenvalue weighted by Gasteiger charge is -2.13. The van der Waals surface area contributed by atoms with E-state index >= 15 is 0 Å². The molecule has 0 aliphatic carbocycles. The first-order valence-electron chi connectivity index (χ1n) is 17.1. The fraction of sp³-hybridized carbons (Fsp3) is 0. The zero-order valence-corrected chi connectivity index (χ0v) is 28.9. The molecule has 11 rings (SSSR count). The predicted molar refractivity (Wildman–Crippen MR) is 218 cm³/mol. The molecule has 238 valence electrons. The van der Waals surface area contributed by atoms with Crippen LogP contribution in [0.4, 0.5) is 0 Å². The number of fused-ring (bicyclic) bond motifs is 12. The Morgan fingerprint density at radius 2 is 0.961 bits per heavy atom. The SMILES string of the molecule is c1ccc(-c2cc(-c3cccc(-n4c5ccccc5c5c6c7ccccc7sc6c6sc7ccccc7c6c54)c3)nc(-c3ccccc3)n2)cc1. The summed E-state index contributed by atoms with van der Waals surface area (Å²) < 4.78 is 7.87. The van der Waals surface area contributed by atoms with Crippen molar-refractivity contribution in [3.05, 3.63) is 164 Å². The van der Waals surface area contributed by atoms with Crippen molar-refractivity contribution in [2.24, 2.45) is 0 Å². The fourth-order valence-electron chi connectivity index (χ4n) is 7.76. The molecule has 0 fully saturated rings. The average Bonchev–Trinajstić information content (AvgIpc) is 3.88. The van der Waals surface area contributed by atoms with Crippen LogP contribution < -0.4 is 0 Å². The smallest absolute Gasteiger partial charge is 0.160 e. The van der Waals surface area contributed by atoms with E-state index in [1.54, 1.807) is 0 Å². The van der Waals surface area contributed by atoms with Gasteiger partial charge in [0.15, 0.2) is 5.82 Å². The molecule has 0 saturated heterocycles. The van der Waals surface area contributed by atoms with Gasteiger partial charge in [-0.2, -0.15) is 0 Å². The van der Waals surface area contributed by atoms with Crippen LogP contribution in [0.25, 0.3) is 102 Å². The molecule has 4 heterocycles. The number of thiophene rings is 2. The fourth-order valence-corrected chi connectivity index (χ4v) is 10.3. The molecular weight excluding hydrogens is 659 g/mol. The van der Waals surface area contributed by atoms with Gasteiger partial charge in [0.25, 0.3) is 0 Å². The summed E-state index contributed by atoms with van der Waals surface area (Å²) in [6.45, 7) is 0. The Bertz CT molecular complexity index is 3080. The van der Waals surface area contributed by atoms with Crippen LogP contribution in [0.2, 0.25) is 0 Å². The molecule has 3 nitrogen and oxygen atoms in total. The largest absolute Gasteiger partial charge is 0.309 e. The minimum Gasteiger partial charge on any atom is -0.309 e. The molecule has 0 amide bonds. The first-order valence-corrected chi connectivity index (χ1v) is 18.7. The number of hydrogen-bond donors (Lipinski definition) is 0.